The predicted molar refractivity (Wildman–Crippen MR) is 21.1 cm³/mol. The van der Waals surface area contributed by atoms with Gasteiger partial charge in [-0.3, -0.25) is 0 Å². The predicted octanol–water partition coefficient (Wildman–Crippen LogP) is 0.725. The van der Waals surface area contributed by atoms with Gasteiger partial charge in [-0.05, 0) is 13.8 Å². The second kappa shape index (κ2) is 1.21. The zero-order valence-corrected chi connectivity index (χ0v) is 3.97. The number of hydrogen-bond donors (Lipinski definition) is 0. The largest absolute Gasteiger partial charge is 0.230 e. The lowest BCUT2D eigenvalue weighted by molar-refractivity contribution is -0.455. The van der Waals surface area contributed by atoms with E-state index < -0.39 is 0 Å². The quantitative estimate of drug-likeness (QED) is 0.406. The van der Waals surface area contributed by atoms with E-state index in [9.17, 15) is 0 Å². The summed E-state index contributed by atoms with van der Waals surface area (Å²) in [6.45, 7) is 3.96. The molecule has 1 aliphatic heterocycles. The minimum atomic E-state index is 0.310. The molecule has 36 valence electrons. The summed E-state index contributed by atoms with van der Waals surface area (Å²) in [6.07, 6.45) is 0.620. The van der Waals surface area contributed by atoms with Crippen LogP contribution in [0.25, 0.3) is 0 Å². The molecular weight excluding hydrogens is 80.0 g/mol. The first-order valence-electron chi connectivity index (χ1n) is 2.13. The van der Waals surface area contributed by atoms with Gasteiger partial charge in [0.2, 0.25) is 0 Å². The molecule has 0 aromatic carbocycles. The van der Waals surface area contributed by atoms with Gasteiger partial charge < -0.3 is 0 Å². The summed E-state index contributed by atoms with van der Waals surface area (Å²) in [5.74, 6) is 0. The zero-order chi connectivity index (χ0) is 4.57. The van der Waals surface area contributed by atoms with Crippen molar-refractivity contribution in [1.82, 2.24) is 0 Å². The fraction of sp³-hybridized carbons (Fsp3) is 1.00. The normalized spacial score (nSPS) is 45.0. The standard InChI is InChI=1S/C4H8O2/c1-3-4(2)6-5-3/h3-4H,1-2H3. The molecular formula is C4H8O2. The molecule has 0 saturated carbocycles. The van der Waals surface area contributed by atoms with Gasteiger partial charge >= 0.3 is 0 Å². The highest BCUT2D eigenvalue weighted by atomic mass is 17.2. The molecule has 6 heavy (non-hydrogen) atoms. The van der Waals surface area contributed by atoms with Gasteiger partial charge in [0.1, 0.15) is 12.2 Å². The minimum absolute atomic E-state index is 0.310. The highest BCUT2D eigenvalue weighted by molar-refractivity contribution is 4.61. The Morgan fingerprint density at radius 1 is 1.00 bits per heavy atom. The summed E-state index contributed by atoms with van der Waals surface area (Å²) in [6, 6.07) is 0. The SMILES string of the molecule is CC1OOC1C. The summed E-state index contributed by atoms with van der Waals surface area (Å²) in [5.41, 5.74) is 0. The number of rotatable bonds is 0. The van der Waals surface area contributed by atoms with Crippen molar-refractivity contribution < 1.29 is 9.78 Å². The zero-order valence-electron chi connectivity index (χ0n) is 3.97. The third-order valence-electron chi connectivity index (χ3n) is 1.02. The Labute approximate surface area is 37.0 Å². The molecule has 0 N–H and O–H groups in total. The first kappa shape index (κ1) is 4.09. The van der Waals surface area contributed by atoms with Gasteiger partial charge in [0, 0.05) is 0 Å². The van der Waals surface area contributed by atoms with E-state index in [1.165, 1.54) is 0 Å². The monoisotopic (exact) mass is 88.1 g/mol. The summed E-state index contributed by atoms with van der Waals surface area (Å²) in [7, 11) is 0. The Bertz CT molecular complexity index is 45.5. The molecule has 2 heteroatoms. The van der Waals surface area contributed by atoms with Crippen LogP contribution in [-0.2, 0) is 9.78 Å². The number of hydrogen-bond acceptors (Lipinski definition) is 2. The molecule has 0 aliphatic carbocycles. The Kier molecular flexibility index (Phi) is 0.821. The molecule has 2 unspecified atom stereocenters. The molecule has 1 rings (SSSR count). The lowest BCUT2D eigenvalue weighted by atomic mass is 10.2. The van der Waals surface area contributed by atoms with Crippen molar-refractivity contribution in [3.05, 3.63) is 0 Å². The molecule has 0 amide bonds. The molecule has 0 spiro atoms. The van der Waals surface area contributed by atoms with Crippen LogP contribution in [0.5, 0.6) is 0 Å². The molecule has 1 aliphatic rings. The molecule has 0 bridgehead atoms. The van der Waals surface area contributed by atoms with Crippen molar-refractivity contribution in [2.45, 2.75) is 26.1 Å². The van der Waals surface area contributed by atoms with E-state index in [1.54, 1.807) is 0 Å². The molecule has 0 aromatic rings. The molecule has 0 radical (unpaired) electrons. The maximum atomic E-state index is 4.54. The molecule has 0 aromatic heterocycles. The van der Waals surface area contributed by atoms with Crippen molar-refractivity contribution in [1.29, 1.82) is 0 Å². The van der Waals surface area contributed by atoms with Gasteiger partial charge in [0.25, 0.3) is 0 Å². The van der Waals surface area contributed by atoms with Gasteiger partial charge in [-0.1, -0.05) is 0 Å². The van der Waals surface area contributed by atoms with Crippen LogP contribution in [0.15, 0.2) is 0 Å². The Morgan fingerprint density at radius 3 is 1.33 bits per heavy atom. The van der Waals surface area contributed by atoms with Crippen LogP contribution < -0.4 is 0 Å². The third-order valence-corrected chi connectivity index (χ3v) is 1.02. The lowest BCUT2D eigenvalue weighted by Crippen LogP contribution is -2.37. The van der Waals surface area contributed by atoms with Crippen LogP contribution in [0.1, 0.15) is 13.8 Å². The average molecular weight is 88.1 g/mol. The van der Waals surface area contributed by atoms with Crippen LogP contribution in [0.2, 0.25) is 0 Å². The van der Waals surface area contributed by atoms with E-state index in [0.29, 0.717) is 12.2 Å². The maximum absolute atomic E-state index is 4.54. The van der Waals surface area contributed by atoms with Crippen LogP contribution in [0.3, 0.4) is 0 Å². The van der Waals surface area contributed by atoms with E-state index in [1.807, 2.05) is 13.8 Å². The van der Waals surface area contributed by atoms with Gasteiger partial charge in [0.05, 0.1) is 0 Å². The van der Waals surface area contributed by atoms with Crippen molar-refractivity contribution in [2.75, 3.05) is 0 Å². The lowest BCUT2D eigenvalue weighted by Gasteiger charge is -2.28. The van der Waals surface area contributed by atoms with Crippen molar-refractivity contribution >= 4 is 0 Å². The topological polar surface area (TPSA) is 18.5 Å². The summed E-state index contributed by atoms with van der Waals surface area (Å²) >= 11 is 0. The first-order chi connectivity index (χ1) is 2.80. The van der Waals surface area contributed by atoms with Crippen LogP contribution >= 0.6 is 0 Å². The van der Waals surface area contributed by atoms with Crippen LogP contribution in [-0.4, -0.2) is 12.2 Å². The third kappa shape index (κ3) is 0.420. The van der Waals surface area contributed by atoms with E-state index in [2.05, 4.69) is 9.78 Å². The molecule has 1 fully saturated rings. The van der Waals surface area contributed by atoms with Gasteiger partial charge in [0.15, 0.2) is 0 Å². The Hall–Kier alpha value is -0.0800. The highest BCUT2D eigenvalue weighted by Crippen LogP contribution is 2.13. The van der Waals surface area contributed by atoms with E-state index in [0.717, 1.165) is 0 Å². The van der Waals surface area contributed by atoms with Crippen molar-refractivity contribution in [3.63, 3.8) is 0 Å². The molecule has 2 nitrogen and oxygen atoms in total. The van der Waals surface area contributed by atoms with E-state index >= 15 is 0 Å². The molecule has 1 heterocycles. The summed E-state index contributed by atoms with van der Waals surface area (Å²) < 4.78 is 0. The van der Waals surface area contributed by atoms with Crippen LogP contribution in [0, 0.1) is 0 Å². The fourth-order valence-corrected chi connectivity index (χ4v) is 0.278. The highest BCUT2D eigenvalue weighted by Gasteiger charge is 2.24. The maximum Gasteiger partial charge on any atom is 0.119 e. The Morgan fingerprint density at radius 2 is 1.33 bits per heavy atom. The minimum Gasteiger partial charge on any atom is -0.230 e. The van der Waals surface area contributed by atoms with Gasteiger partial charge in [-0.25, -0.2) is 9.78 Å². The van der Waals surface area contributed by atoms with Gasteiger partial charge in [-0.15, -0.1) is 0 Å². The van der Waals surface area contributed by atoms with Gasteiger partial charge in [-0.2, -0.15) is 0 Å². The van der Waals surface area contributed by atoms with Crippen LogP contribution in [0.4, 0.5) is 0 Å². The second-order valence-electron chi connectivity index (χ2n) is 1.60. The van der Waals surface area contributed by atoms with E-state index in [4.69, 9.17) is 0 Å². The summed E-state index contributed by atoms with van der Waals surface area (Å²) in [5, 5.41) is 0. The Balaban J connectivity index is 2.20. The van der Waals surface area contributed by atoms with Crippen molar-refractivity contribution in [3.8, 4) is 0 Å². The summed E-state index contributed by atoms with van der Waals surface area (Å²) in [4.78, 5) is 9.09. The smallest absolute Gasteiger partial charge is 0.119 e. The second-order valence-corrected chi connectivity index (χ2v) is 1.60. The molecule has 1 saturated heterocycles. The fourth-order valence-electron chi connectivity index (χ4n) is 0.278. The molecule has 2 atom stereocenters. The average Bonchev–Trinajstić information content (AvgIpc) is 1.61. The first-order valence-corrected chi connectivity index (χ1v) is 2.13. The van der Waals surface area contributed by atoms with Crippen molar-refractivity contribution in [2.24, 2.45) is 0 Å². The van der Waals surface area contributed by atoms with E-state index in [-0.39, 0.29) is 0 Å².